The Balaban J connectivity index is 1.50. The summed E-state index contributed by atoms with van der Waals surface area (Å²) in [6.07, 6.45) is 4.42. The van der Waals surface area contributed by atoms with Crippen molar-refractivity contribution in [3.05, 3.63) is 11.9 Å². The van der Waals surface area contributed by atoms with Gasteiger partial charge in [-0.1, -0.05) is 5.21 Å². The van der Waals surface area contributed by atoms with Crippen LogP contribution >= 0.6 is 23.5 Å². The van der Waals surface area contributed by atoms with E-state index in [4.69, 9.17) is 5.73 Å². The van der Waals surface area contributed by atoms with Gasteiger partial charge in [-0.15, -0.1) is 5.10 Å². The molecule has 7 nitrogen and oxygen atoms in total. The molecule has 134 valence electrons. The average molecular weight is 371 g/mol. The number of thioether (sulfide) groups is 2. The number of amides is 2. The predicted octanol–water partition coefficient (Wildman–Crippen LogP) is 1.01. The lowest BCUT2D eigenvalue weighted by Crippen LogP contribution is -2.45. The topological polar surface area (TPSA) is 89.1 Å². The Morgan fingerprint density at radius 3 is 2.92 bits per heavy atom. The van der Waals surface area contributed by atoms with Crippen molar-refractivity contribution in [3.8, 4) is 0 Å². The third kappa shape index (κ3) is 5.29. The molecule has 24 heavy (non-hydrogen) atoms. The van der Waals surface area contributed by atoms with Gasteiger partial charge in [0, 0.05) is 42.1 Å². The van der Waals surface area contributed by atoms with E-state index in [0.717, 1.165) is 24.8 Å². The van der Waals surface area contributed by atoms with Crippen molar-refractivity contribution in [3.63, 3.8) is 0 Å². The first-order chi connectivity index (χ1) is 11.7. The highest BCUT2D eigenvalue weighted by Crippen LogP contribution is 2.25. The first-order valence-electron chi connectivity index (χ1n) is 8.52. The van der Waals surface area contributed by atoms with Crippen LogP contribution in [0.25, 0.3) is 0 Å². The van der Waals surface area contributed by atoms with E-state index in [9.17, 15) is 4.79 Å². The third-order valence-electron chi connectivity index (χ3n) is 4.53. The molecule has 0 bridgehead atoms. The first-order valence-corrected chi connectivity index (χ1v) is 10.8. The molecule has 0 aliphatic carbocycles. The second-order valence-corrected chi connectivity index (χ2v) is 8.76. The predicted molar refractivity (Wildman–Crippen MR) is 99.2 cm³/mol. The van der Waals surface area contributed by atoms with Crippen molar-refractivity contribution < 1.29 is 4.79 Å². The third-order valence-corrected chi connectivity index (χ3v) is 7.02. The van der Waals surface area contributed by atoms with Crippen molar-refractivity contribution in [2.75, 3.05) is 36.1 Å². The van der Waals surface area contributed by atoms with Gasteiger partial charge in [-0.2, -0.15) is 23.5 Å². The van der Waals surface area contributed by atoms with Crippen LogP contribution in [0.1, 0.15) is 18.5 Å². The summed E-state index contributed by atoms with van der Waals surface area (Å²) in [6.45, 7) is 3.61. The lowest BCUT2D eigenvalue weighted by Gasteiger charge is -2.37. The van der Waals surface area contributed by atoms with Crippen LogP contribution in [0.3, 0.4) is 0 Å². The molecule has 0 spiro atoms. The van der Waals surface area contributed by atoms with Crippen LogP contribution in [0.4, 0.5) is 4.79 Å². The molecular formula is C15H26N6OS2. The number of rotatable bonds is 5. The molecule has 3 rings (SSSR count). The van der Waals surface area contributed by atoms with E-state index in [0.29, 0.717) is 12.5 Å². The van der Waals surface area contributed by atoms with E-state index >= 15 is 0 Å². The molecule has 3 N–H and O–H groups in total. The van der Waals surface area contributed by atoms with Gasteiger partial charge in [-0.05, 0) is 25.3 Å². The molecule has 2 aliphatic heterocycles. The van der Waals surface area contributed by atoms with E-state index in [1.54, 1.807) is 0 Å². The van der Waals surface area contributed by atoms with E-state index < -0.39 is 6.03 Å². The van der Waals surface area contributed by atoms with Crippen molar-refractivity contribution in [1.29, 1.82) is 0 Å². The SMILES string of the molecule is NC(=O)NCc1cn(CC2CCCN(C3CSCCSC3)C2)nn1. The second kappa shape index (κ2) is 8.96. The Labute approximate surface area is 151 Å². The Bertz CT molecular complexity index is 532. The molecule has 1 aromatic rings. The summed E-state index contributed by atoms with van der Waals surface area (Å²) in [5, 5.41) is 10.8. The van der Waals surface area contributed by atoms with Gasteiger partial charge in [0.05, 0.1) is 12.7 Å². The van der Waals surface area contributed by atoms with Crippen LogP contribution in [-0.2, 0) is 13.1 Å². The van der Waals surface area contributed by atoms with Gasteiger partial charge in [0.1, 0.15) is 5.69 Å². The van der Waals surface area contributed by atoms with Gasteiger partial charge in [0.15, 0.2) is 0 Å². The van der Waals surface area contributed by atoms with Crippen molar-refractivity contribution in [1.82, 2.24) is 25.2 Å². The van der Waals surface area contributed by atoms with Crippen molar-refractivity contribution >= 4 is 29.6 Å². The van der Waals surface area contributed by atoms with Crippen molar-refractivity contribution in [2.24, 2.45) is 11.7 Å². The number of carbonyl (C=O) groups is 1. The van der Waals surface area contributed by atoms with Crippen LogP contribution in [0, 0.1) is 5.92 Å². The molecule has 1 aromatic heterocycles. The Morgan fingerprint density at radius 2 is 2.17 bits per heavy atom. The van der Waals surface area contributed by atoms with Crippen LogP contribution in [0.15, 0.2) is 6.20 Å². The van der Waals surface area contributed by atoms with E-state index in [1.807, 2.05) is 10.9 Å². The van der Waals surface area contributed by atoms with Crippen LogP contribution in [0.5, 0.6) is 0 Å². The number of nitrogens with two attached hydrogens (primary N) is 1. The fourth-order valence-corrected chi connectivity index (χ4v) is 5.97. The molecule has 2 aliphatic rings. The number of urea groups is 1. The highest BCUT2D eigenvalue weighted by Gasteiger charge is 2.27. The number of hydrogen-bond acceptors (Lipinski definition) is 6. The number of piperidine rings is 1. The Kier molecular flexibility index (Phi) is 6.67. The fourth-order valence-electron chi connectivity index (χ4n) is 3.34. The smallest absolute Gasteiger partial charge is 0.312 e. The number of nitrogens with one attached hydrogen (secondary N) is 1. The number of primary amides is 1. The van der Waals surface area contributed by atoms with E-state index in [1.165, 1.54) is 42.4 Å². The monoisotopic (exact) mass is 370 g/mol. The van der Waals surface area contributed by atoms with Crippen molar-refractivity contribution in [2.45, 2.75) is 32.0 Å². The molecule has 0 aromatic carbocycles. The summed E-state index contributed by atoms with van der Waals surface area (Å²) >= 11 is 4.20. The lowest BCUT2D eigenvalue weighted by molar-refractivity contribution is 0.132. The minimum atomic E-state index is -0.536. The number of aromatic nitrogens is 3. The summed E-state index contributed by atoms with van der Waals surface area (Å²) < 4.78 is 1.91. The lowest BCUT2D eigenvalue weighted by atomic mass is 9.97. The fraction of sp³-hybridized carbons (Fsp3) is 0.800. The zero-order valence-electron chi connectivity index (χ0n) is 13.9. The maximum atomic E-state index is 10.8. The van der Waals surface area contributed by atoms with Gasteiger partial charge < -0.3 is 11.1 Å². The van der Waals surface area contributed by atoms with Gasteiger partial charge in [-0.3, -0.25) is 9.58 Å². The second-order valence-electron chi connectivity index (χ2n) is 6.46. The molecule has 1 unspecified atom stereocenters. The highest BCUT2D eigenvalue weighted by molar-refractivity contribution is 8.03. The maximum absolute atomic E-state index is 10.8. The molecule has 9 heteroatoms. The number of likely N-dealkylation sites (tertiary alicyclic amines) is 1. The van der Waals surface area contributed by atoms with Crippen LogP contribution < -0.4 is 11.1 Å². The van der Waals surface area contributed by atoms with Gasteiger partial charge in [0.2, 0.25) is 0 Å². The van der Waals surface area contributed by atoms with E-state index in [2.05, 4.69) is 44.1 Å². The molecule has 2 saturated heterocycles. The molecule has 2 fully saturated rings. The molecule has 3 heterocycles. The van der Waals surface area contributed by atoms with Gasteiger partial charge >= 0.3 is 6.03 Å². The van der Waals surface area contributed by atoms with Gasteiger partial charge in [-0.25, -0.2) is 4.79 Å². The standard InChI is InChI=1S/C15H26N6OS2/c16-15(22)17-6-13-9-21(19-18-13)8-12-2-1-3-20(7-12)14-10-23-4-5-24-11-14/h9,12,14H,1-8,10-11H2,(H3,16,17,22). The molecule has 1 atom stereocenters. The highest BCUT2D eigenvalue weighted by atomic mass is 32.2. The number of carbonyl (C=O) groups excluding carboxylic acids is 1. The van der Waals surface area contributed by atoms with Crippen LogP contribution in [-0.4, -0.2) is 68.1 Å². The molecule has 0 radical (unpaired) electrons. The zero-order chi connectivity index (χ0) is 16.8. The summed E-state index contributed by atoms with van der Waals surface area (Å²) in [5.74, 6) is 5.74. The molecule has 2 amide bonds. The number of nitrogens with zero attached hydrogens (tertiary/aromatic N) is 4. The average Bonchev–Trinajstić information content (AvgIpc) is 2.84. The Morgan fingerprint density at radius 1 is 1.38 bits per heavy atom. The minimum Gasteiger partial charge on any atom is -0.352 e. The van der Waals surface area contributed by atoms with Gasteiger partial charge in [0.25, 0.3) is 0 Å². The summed E-state index contributed by atoms with van der Waals surface area (Å²) in [5.41, 5.74) is 5.83. The molecular weight excluding hydrogens is 344 g/mol. The first kappa shape index (κ1) is 17.9. The summed E-state index contributed by atoms with van der Waals surface area (Å²) in [6, 6.07) is 0.183. The van der Waals surface area contributed by atoms with E-state index in [-0.39, 0.29) is 0 Å². The Hall–Kier alpha value is -0.930. The maximum Gasteiger partial charge on any atom is 0.312 e. The van der Waals surface area contributed by atoms with Crippen LogP contribution in [0.2, 0.25) is 0 Å². The summed E-state index contributed by atoms with van der Waals surface area (Å²) in [4.78, 5) is 13.4. The normalized spacial score (nSPS) is 23.8. The zero-order valence-corrected chi connectivity index (χ0v) is 15.5. The quantitative estimate of drug-likeness (QED) is 0.804. The summed E-state index contributed by atoms with van der Waals surface area (Å²) in [7, 11) is 0. The largest absolute Gasteiger partial charge is 0.352 e. The minimum absolute atomic E-state index is 0.336. The molecule has 0 saturated carbocycles. The number of hydrogen-bond donors (Lipinski definition) is 2.